The van der Waals surface area contributed by atoms with Gasteiger partial charge in [-0.25, -0.2) is 9.78 Å². The second-order valence-corrected chi connectivity index (χ2v) is 7.66. The van der Waals surface area contributed by atoms with Gasteiger partial charge < -0.3 is 9.64 Å². The molecule has 1 aromatic rings. The Balaban J connectivity index is 1.62. The van der Waals surface area contributed by atoms with Gasteiger partial charge in [0.2, 0.25) is 0 Å². The molecule has 0 N–H and O–H groups in total. The second-order valence-electron chi connectivity index (χ2n) is 6.50. The molecular weight excluding hydrogens is 387 g/mol. The van der Waals surface area contributed by atoms with Crippen LogP contribution in [0.25, 0.3) is 0 Å². The van der Waals surface area contributed by atoms with E-state index in [-0.39, 0.29) is 39.3 Å². The lowest BCUT2D eigenvalue weighted by Crippen LogP contribution is -2.50. The number of likely N-dealkylation sites (tertiary alicyclic amines) is 1. The minimum absolute atomic E-state index is 0.0395. The zero-order chi connectivity index (χ0) is 18.0. The molecule has 2 fully saturated rings. The van der Waals surface area contributed by atoms with Gasteiger partial charge in [0.1, 0.15) is 0 Å². The first-order chi connectivity index (χ1) is 12.0. The quantitative estimate of drug-likeness (QED) is 0.700. The molecule has 0 radical (unpaired) electrons. The van der Waals surface area contributed by atoms with E-state index in [1.807, 2.05) is 4.90 Å². The zero-order valence-corrected chi connectivity index (χ0v) is 15.9. The maximum absolute atomic E-state index is 12.5. The average molecular weight is 406 g/mol. The van der Waals surface area contributed by atoms with Gasteiger partial charge in [-0.05, 0) is 31.6 Å². The molecule has 2 atom stereocenters. The number of rotatable bonds is 3. The number of hydrogen-bond acceptors (Lipinski definition) is 4. The Morgan fingerprint density at radius 3 is 2.64 bits per heavy atom. The number of carbonyl (C=O) groups is 2. The molecule has 136 valence electrons. The highest BCUT2D eigenvalue weighted by atomic mass is 35.5. The Kier molecular flexibility index (Phi) is 6.08. The van der Waals surface area contributed by atoms with Crippen LogP contribution >= 0.6 is 34.8 Å². The summed E-state index contributed by atoms with van der Waals surface area (Å²) >= 11 is 17.7. The smallest absolute Gasteiger partial charge is 0.359 e. The lowest BCUT2D eigenvalue weighted by molar-refractivity contribution is -0.140. The highest BCUT2D eigenvalue weighted by Crippen LogP contribution is 2.35. The summed E-state index contributed by atoms with van der Waals surface area (Å²) < 4.78 is 5.12. The monoisotopic (exact) mass is 404 g/mol. The van der Waals surface area contributed by atoms with Gasteiger partial charge >= 0.3 is 5.97 Å². The van der Waals surface area contributed by atoms with Gasteiger partial charge in [-0.3, -0.25) is 4.79 Å². The Hall–Kier alpha value is -1.04. The van der Waals surface area contributed by atoms with E-state index in [2.05, 4.69) is 4.98 Å². The van der Waals surface area contributed by atoms with E-state index in [9.17, 15) is 9.59 Å². The molecule has 0 aromatic carbocycles. The van der Waals surface area contributed by atoms with Gasteiger partial charge in [-0.15, -0.1) is 0 Å². The molecule has 2 aliphatic rings. The molecule has 0 unspecified atom stereocenters. The molecular formula is C17H19Cl3N2O3. The number of piperidine rings is 1. The summed E-state index contributed by atoms with van der Waals surface area (Å²) in [6, 6.07) is 0.278. The van der Waals surface area contributed by atoms with Gasteiger partial charge in [-0.2, -0.15) is 0 Å². The van der Waals surface area contributed by atoms with Crippen molar-refractivity contribution in [3.63, 3.8) is 0 Å². The molecule has 0 spiro atoms. The molecule has 1 amide bonds. The minimum Gasteiger partial charge on any atom is -0.451 e. The molecule has 3 rings (SSSR count). The van der Waals surface area contributed by atoms with Crippen molar-refractivity contribution in [2.45, 2.75) is 44.6 Å². The maximum atomic E-state index is 12.5. The highest BCUT2D eigenvalue weighted by molar-refractivity contribution is 6.48. The summed E-state index contributed by atoms with van der Waals surface area (Å²) in [5.74, 6) is -0.372. The fourth-order valence-corrected chi connectivity index (χ4v) is 4.36. The van der Waals surface area contributed by atoms with E-state index < -0.39 is 5.97 Å². The number of ether oxygens (including phenoxy) is 1. The van der Waals surface area contributed by atoms with Crippen LogP contribution < -0.4 is 0 Å². The van der Waals surface area contributed by atoms with Crippen LogP contribution in [0.2, 0.25) is 15.1 Å². The first kappa shape index (κ1) is 18.7. The molecule has 1 saturated carbocycles. The Labute approximate surface area is 161 Å². The molecule has 5 nitrogen and oxygen atoms in total. The molecule has 2 heterocycles. The van der Waals surface area contributed by atoms with Crippen LogP contribution in [0.4, 0.5) is 0 Å². The standard InChI is InChI=1S/C17H19Cl3N2O3/c18-11-8-21-16(15(20)14(11)19)17(24)25-9-13(23)22-7-3-5-10-4-1-2-6-12(10)22/h8,10,12H,1-7,9H2/t10-,12-/m1/s1. The first-order valence-electron chi connectivity index (χ1n) is 8.45. The Morgan fingerprint density at radius 1 is 1.12 bits per heavy atom. The van der Waals surface area contributed by atoms with Crippen molar-refractivity contribution in [3.8, 4) is 0 Å². The summed E-state index contributed by atoms with van der Waals surface area (Å²) in [6.07, 6.45) is 8.00. The SMILES string of the molecule is O=C(OCC(=O)N1CCC[C@H]2CCCC[C@H]21)c1ncc(Cl)c(Cl)c1Cl. The van der Waals surface area contributed by atoms with Gasteiger partial charge in [0, 0.05) is 18.8 Å². The molecule has 1 saturated heterocycles. The fourth-order valence-electron chi connectivity index (χ4n) is 3.80. The molecule has 1 aromatic heterocycles. The molecule has 25 heavy (non-hydrogen) atoms. The van der Waals surface area contributed by atoms with E-state index in [0.717, 1.165) is 25.8 Å². The summed E-state index contributed by atoms with van der Waals surface area (Å²) in [7, 11) is 0. The van der Waals surface area contributed by atoms with E-state index >= 15 is 0 Å². The zero-order valence-electron chi connectivity index (χ0n) is 13.6. The lowest BCUT2D eigenvalue weighted by Gasteiger charge is -2.44. The third-order valence-electron chi connectivity index (χ3n) is 5.00. The first-order valence-corrected chi connectivity index (χ1v) is 9.58. The average Bonchev–Trinajstić information content (AvgIpc) is 2.63. The number of pyridine rings is 1. The minimum atomic E-state index is -0.783. The van der Waals surface area contributed by atoms with E-state index in [0.29, 0.717) is 5.92 Å². The Bertz CT molecular complexity index is 681. The van der Waals surface area contributed by atoms with Crippen LogP contribution in [0.3, 0.4) is 0 Å². The van der Waals surface area contributed by atoms with E-state index in [1.54, 1.807) is 0 Å². The Morgan fingerprint density at radius 2 is 1.84 bits per heavy atom. The topological polar surface area (TPSA) is 59.5 Å². The highest BCUT2D eigenvalue weighted by Gasteiger charge is 2.36. The maximum Gasteiger partial charge on any atom is 0.359 e. The largest absolute Gasteiger partial charge is 0.451 e. The summed E-state index contributed by atoms with van der Waals surface area (Å²) in [6.45, 7) is 0.406. The van der Waals surface area contributed by atoms with Crippen molar-refractivity contribution < 1.29 is 14.3 Å². The molecule has 0 bridgehead atoms. The van der Waals surface area contributed by atoms with Gasteiger partial charge in [0.15, 0.2) is 12.3 Å². The normalized spacial score (nSPS) is 23.1. The lowest BCUT2D eigenvalue weighted by atomic mass is 9.78. The molecule has 1 aliphatic carbocycles. The molecule has 1 aliphatic heterocycles. The number of amides is 1. The summed E-state index contributed by atoms with van der Waals surface area (Å²) in [5, 5.41) is 0.116. The number of halogens is 3. The van der Waals surface area contributed by atoms with Gasteiger partial charge in [0.05, 0.1) is 15.1 Å². The second kappa shape index (κ2) is 8.11. The van der Waals surface area contributed by atoms with Crippen molar-refractivity contribution >= 4 is 46.7 Å². The van der Waals surface area contributed by atoms with Gasteiger partial charge in [0.25, 0.3) is 5.91 Å². The van der Waals surface area contributed by atoms with Gasteiger partial charge in [-0.1, -0.05) is 47.6 Å². The number of nitrogens with zero attached hydrogens (tertiary/aromatic N) is 2. The van der Waals surface area contributed by atoms with Crippen molar-refractivity contribution in [2.24, 2.45) is 5.92 Å². The van der Waals surface area contributed by atoms with Crippen LogP contribution in [0.5, 0.6) is 0 Å². The van der Waals surface area contributed by atoms with Crippen LogP contribution in [-0.2, 0) is 9.53 Å². The number of carbonyl (C=O) groups excluding carboxylic acids is 2. The van der Waals surface area contributed by atoms with Crippen molar-refractivity contribution in [2.75, 3.05) is 13.2 Å². The number of esters is 1. The number of hydrogen-bond donors (Lipinski definition) is 0. The van der Waals surface area contributed by atoms with Crippen molar-refractivity contribution in [1.82, 2.24) is 9.88 Å². The predicted octanol–water partition coefficient (Wildman–Crippen LogP) is 4.38. The number of aromatic nitrogens is 1. The van der Waals surface area contributed by atoms with Crippen LogP contribution in [0.1, 0.15) is 49.0 Å². The predicted molar refractivity (Wildman–Crippen MR) is 96.2 cm³/mol. The van der Waals surface area contributed by atoms with Crippen molar-refractivity contribution in [1.29, 1.82) is 0 Å². The van der Waals surface area contributed by atoms with E-state index in [4.69, 9.17) is 39.5 Å². The summed E-state index contributed by atoms with van der Waals surface area (Å²) in [4.78, 5) is 30.4. The third-order valence-corrected chi connectivity index (χ3v) is 6.24. The van der Waals surface area contributed by atoms with Crippen LogP contribution in [-0.4, -0.2) is 41.0 Å². The number of fused-ring (bicyclic) bond motifs is 1. The summed E-state index contributed by atoms with van der Waals surface area (Å²) in [5.41, 5.74) is -0.141. The van der Waals surface area contributed by atoms with Crippen molar-refractivity contribution in [3.05, 3.63) is 27.0 Å². The van der Waals surface area contributed by atoms with Crippen LogP contribution in [0, 0.1) is 5.92 Å². The fraction of sp³-hybridized carbons (Fsp3) is 0.588. The van der Waals surface area contributed by atoms with Crippen LogP contribution in [0.15, 0.2) is 6.20 Å². The third kappa shape index (κ3) is 4.04. The molecule has 8 heteroatoms. The van der Waals surface area contributed by atoms with E-state index in [1.165, 1.54) is 25.5 Å².